The highest BCUT2D eigenvalue weighted by molar-refractivity contribution is 14.0. The van der Waals surface area contributed by atoms with Crippen LogP contribution in [-0.4, -0.2) is 62.1 Å². The Hall–Kier alpha value is -0.570. The minimum absolute atomic E-state index is 0. The van der Waals surface area contributed by atoms with Crippen molar-refractivity contribution in [2.24, 2.45) is 4.99 Å². The van der Waals surface area contributed by atoms with E-state index in [1.165, 1.54) is 32.1 Å². The summed E-state index contributed by atoms with van der Waals surface area (Å²) < 4.78 is 0. The summed E-state index contributed by atoms with van der Waals surface area (Å²) in [5.41, 5.74) is -0.209. The zero-order valence-electron chi connectivity index (χ0n) is 16.7. The molecule has 25 heavy (non-hydrogen) atoms. The van der Waals surface area contributed by atoms with Gasteiger partial charge in [-0.2, -0.15) is 0 Å². The Morgan fingerprint density at radius 1 is 1.16 bits per heavy atom. The zero-order valence-corrected chi connectivity index (χ0v) is 19.0. The third-order valence-electron chi connectivity index (χ3n) is 4.33. The SMILES string of the molecule is CN=C(NCCCN(C)C1CCCCC1)NCC(=O)NC(C)(C)C.I. The summed E-state index contributed by atoms with van der Waals surface area (Å²) >= 11 is 0. The number of amides is 1. The number of hydrogen-bond donors (Lipinski definition) is 3. The van der Waals surface area contributed by atoms with Crippen LogP contribution in [0.4, 0.5) is 0 Å². The lowest BCUT2D eigenvalue weighted by Gasteiger charge is -2.31. The molecule has 1 aliphatic carbocycles. The van der Waals surface area contributed by atoms with Gasteiger partial charge < -0.3 is 20.9 Å². The fourth-order valence-electron chi connectivity index (χ4n) is 3.09. The summed E-state index contributed by atoms with van der Waals surface area (Å²) in [6.07, 6.45) is 7.91. The van der Waals surface area contributed by atoms with Crippen LogP contribution in [0.15, 0.2) is 4.99 Å². The number of nitrogens with zero attached hydrogens (tertiary/aromatic N) is 2. The van der Waals surface area contributed by atoms with Crippen molar-refractivity contribution in [3.8, 4) is 0 Å². The molecule has 7 heteroatoms. The minimum atomic E-state index is -0.209. The maximum atomic E-state index is 11.8. The van der Waals surface area contributed by atoms with Crippen molar-refractivity contribution in [3.05, 3.63) is 0 Å². The first-order chi connectivity index (χ1) is 11.3. The lowest BCUT2D eigenvalue weighted by molar-refractivity contribution is -0.121. The summed E-state index contributed by atoms with van der Waals surface area (Å²) in [5, 5.41) is 9.26. The van der Waals surface area contributed by atoms with Crippen LogP contribution < -0.4 is 16.0 Å². The van der Waals surface area contributed by atoms with E-state index in [1.807, 2.05) is 20.8 Å². The van der Waals surface area contributed by atoms with E-state index in [-0.39, 0.29) is 42.0 Å². The molecule has 0 bridgehead atoms. The monoisotopic (exact) mass is 467 g/mol. The Morgan fingerprint density at radius 3 is 2.36 bits per heavy atom. The molecule has 0 atom stereocenters. The van der Waals surface area contributed by atoms with Crippen LogP contribution in [0.2, 0.25) is 0 Å². The van der Waals surface area contributed by atoms with Gasteiger partial charge in [-0.1, -0.05) is 19.3 Å². The third-order valence-corrected chi connectivity index (χ3v) is 4.33. The number of nitrogens with one attached hydrogen (secondary N) is 3. The van der Waals surface area contributed by atoms with Gasteiger partial charge in [-0.15, -0.1) is 24.0 Å². The topological polar surface area (TPSA) is 68.8 Å². The Balaban J connectivity index is 0.00000576. The van der Waals surface area contributed by atoms with E-state index < -0.39 is 0 Å². The molecule has 0 heterocycles. The molecule has 0 spiro atoms. The number of hydrogen-bond acceptors (Lipinski definition) is 3. The average molecular weight is 467 g/mol. The summed E-state index contributed by atoms with van der Waals surface area (Å²) in [7, 11) is 3.96. The van der Waals surface area contributed by atoms with E-state index in [0.29, 0.717) is 5.96 Å². The van der Waals surface area contributed by atoms with Crippen molar-refractivity contribution in [3.63, 3.8) is 0 Å². The molecule has 0 aromatic rings. The van der Waals surface area contributed by atoms with Crippen LogP contribution in [0.25, 0.3) is 0 Å². The predicted molar refractivity (Wildman–Crippen MR) is 117 cm³/mol. The Morgan fingerprint density at radius 2 is 1.80 bits per heavy atom. The Labute approximate surface area is 171 Å². The maximum absolute atomic E-state index is 11.8. The number of carbonyl (C=O) groups is 1. The van der Waals surface area contributed by atoms with Crippen LogP contribution >= 0.6 is 24.0 Å². The molecule has 1 amide bonds. The second-order valence-corrected chi connectivity index (χ2v) is 7.78. The molecule has 0 aliphatic heterocycles. The van der Waals surface area contributed by atoms with Gasteiger partial charge in [-0.3, -0.25) is 9.79 Å². The van der Waals surface area contributed by atoms with Gasteiger partial charge in [0.2, 0.25) is 5.91 Å². The molecule has 1 fully saturated rings. The molecule has 0 radical (unpaired) electrons. The zero-order chi connectivity index (χ0) is 18.0. The fraction of sp³-hybridized carbons (Fsp3) is 0.889. The predicted octanol–water partition coefficient (Wildman–Crippen LogP) is 2.34. The lowest BCUT2D eigenvalue weighted by atomic mass is 9.94. The number of carbonyl (C=O) groups excluding carboxylic acids is 1. The number of halogens is 1. The summed E-state index contributed by atoms with van der Waals surface area (Å²) in [4.78, 5) is 18.5. The van der Waals surface area contributed by atoms with E-state index >= 15 is 0 Å². The molecule has 0 aromatic heterocycles. The van der Waals surface area contributed by atoms with Gasteiger partial charge in [-0.25, -0.2) is 0 Å². The van der Waals surface area contributed by atoms with Crippen LogP contribution in [0, 0.1) is 0 Å². The van der Waals surface area contributed by atoms with Gasteiger partial charge >= 0.3 is 0 Å². The van der Waals surface area contributed by atoms with Crippen molar-refractivity contribution in [1.29, 1.82) is 0 Å². The highest BCUT2D eigenvalue weighted by Crippen LogP contribution is 2.21. The standard InChI is InChI=1S/C18H37N5O.HI/c1-18(2,3)22-16(24)14-21-17(19-4)20-12-9-13-23(5)15-10-7-6-8-11-15;/h15H,6-14H2,1-5H3,(H,22,24)(H2,19,20,21);1H. The lowest BCUT2D eigenvalue weighted by Crippen LogP contribution is -2.48. The molecule has 1 saturated carbocycles. The number of aliphatic imine (C=N–C) groups is 1. The fourth-order valence-corrected chi connectivity index (χ4v) is 3.09. The second-order valence-electron chi connectivity index (χ2n) is 7.78. The van der Waals surface area contributed by atoms with Crippen molar-refractivity contribution < 1.29 is 4.79 Å². The molecule has 0 aromatic carbocycles. The molecular formula is C18H38IN5O. The second kappa shape index (κ2) is 12.7. The van der Waals surface area contributed by atoms with Gasteiger partial charge in [0, 0.05) is 25.2 Å². The smallest absolute Gasteiger partial charge is 0.239 e. The van der Waals surface area contributed by atoms with Crippen LogP contribution in [0.1, 0.15) is 59.3 Å². The molecule has 1 rings (SSSR count). The Kier molecular flexibility index (Phi) is 12.4. The third kappa shape index (κ3) is 11.6. The van der Waals surface area contributed by atoms with E-state index in [0.717, 1.165) is 25.6 Å². The van der Waals surface area contributed by atoms with Gasteiger partial charge in [0.15, 0.2) is 5.96 Å². The first kappa shape index (κ1) is 24.4. The van der Waals surface area contributed by atoms with Gasteiger partial charge in [0.25, 0.3) is 0 Å². The molecule has 1 aliphatic rings. The Bertz CT molecular complexity index is 403. The van der Waals surface area contributed by atoms with Crippen molar-refractivity contribution in [2.45, 2.75) is 70.9 Å². The largest absolute Gasteiger partial charge is 0.356 e. The summed E-state index contributed by atoms with van der Waals surface area (Å²) in [5.74, 6) is 0.655. The molecule has 148 valence electrons. The van der Waals surface area contributed by atoms with E-state index in [9.17, 15) is 4.79 Å². The molecule has 0 saturated heterocycles. The van der Waals surface area contributed by atoms with Crippen LogP contribution in [-0.2, 0) is 4.79 Å². The maximum Gasteiger partial charge on any atom is 0.239 e. The van der Waals surface area contributed by atoms with Crippen LogP contribution in [0.5, 0.6) is 0 Å². The van der Waals surface area contributed by atoms with Gasteiger partial charge in [0.1, 0.15) is 0 Å². The molecular weight excluding hydrogens is 429 g/mol. The molecule has 0 unspecified atom stereocenters. The van der Waals surface area contributed by atoms with Gasteiger partial charge in [0.05, 0.1) is 6.54 Å². The average Bonchev–Trinajstić information content (AvgIpc) is 2.53. The van der Waals surface area contributed by atoms with E-state index in [1.54, 1.807) is 7.05 Å². The van der Waals surface area contributed by atoms with Crippen molar-refractivity contribution in [2.75, 3.05) is 33.7 Å². The number of rotatable bonds is 7. The number of guanidine groups is 1. The first-order valence-electron chi connectivity index (χ1n) is 9.27. The van der Waals surface area contributed by atoms with Crippen LogP contribution in [0.3, 0.4) is 0 Å². The highest BCUT2D eigenvalue weighted by atomic mass is 127. The molecule has 3 N–H and O–H groups in total. The quantitative estimate of drug-likeness (QED) is 0.233. The normalized spacial score (nSPS) is 16.3. The minimum Gasteiger partial charge on any atom is -0.356 e. The molecule has 6 nitrogen and oxygen atoms in total. The van der Waals surface area contributed by atoms with E-state index in [2.05, 4.69) is 32.9 Å². The van der Waals surface area contributed by atoms with Crippen molar-refractivity contribution >= 4 is 35.8 Å². The highest BCUT2D eigenvalue weighted by Gasteiger charge is 2.17. The van der Waals surface area contributed by atoms with Crippen molar-refractivity contribution in [1.82, 2.24) is 20.9 Å². The summed E-state index contributed by atoms with van der Waals surface area (Å²) in [6, 6.07) is 0.761. The van der Waals surface area contributed by atoms with E-state index in [4.69, 9.17) is 0 Å². The first-order valence-corrected chi connectivity index (χ1v) is 9.27. The van der Waals surface area contributed by atoms with Gasteiger partial charge in [-0.05, 0) is 53.6 Å². The summed E-state index contributed by atoms with van der Waals surface area (Å²) in [6.45, 7) is 8.11.